The van der Waals surface area contributed by atoms with Crippen molar-refractivity contribution >= 4 is 55.4 Å². The molecule has 2 aromatic rings. The molecule has 0 bridgehead atoms. The highest BCUT2D eigenvalue weighted by atomic mass is 79.9. The zero-order chi connectivity index (χ0) is 25.1. The number of benzene rings is 2. The predicted molar refractivity (Wildman–Crippen MR) is 133 cm³/mol. The Bertz CT molecular complexity index is 1090. The van der Waals surface area contributed by atoms with Crippen LogP contribution in [-0.2, 0) is 19.1 Å². The van der Waals surface area contributed by atoms with Crippen LogP contribution in [0, 0.1) is 16.7 Å². The van der Waals surface area contributed by atoms with Crippen molar-refractivity contribution in [2.75, 3.05) is 13.2 Å². The molecule has 6 nitrogen and oxygen atoms in total. The SMILES string of the molecule is CC1(C)[C@H](C(=O)OCC(=O)c2ccc(Br)cc2)CC[C@@]1(C)C(=O)OCC(=O)c1ccc(Br)cc1. The quantitative estimate of drug-likeness (QED) is 0.284. The molecule has 0 unspecified atom stereocenters. The number of hydrogen-bond acceptors (Lipinski definition) is 6. The van der Waals surface area contributed by atoms with E-state index in [2.05, 4.69) is 31.9 Å². The fourth-order valence-corrected chi connectivity index (χ4v) is 4.77. The van der Waals surface area contributed by atoms with Crippen molar-refractivity contribution in [2.24, 2.45) is 16.7 Å². The average Bonchev–Trinajstić information content (AvgIpc) is 3.06. The maximum Gasteiger partial charge on any atom is 0.312 e. The summed E-state index contributed by atoms with van der Waals surface area (Å²) in [5, 5.41) is 0. The van der Waals surface area contributed by atoms with Crippen molar-refractivity contribution in [3.8, 4) is 0 Å². The lowest BCUT2D eigenvalue weighted by Crippen LogP contribution is -2.44. The summed E-state index contributed by atoms with van der Waals surface area (Å²) in [4.78, 5) is 50.6. The van der Waals surface area contributed by atoms with E-state index in [0.717, 1.165) is 8.95 Å². The van der Waals surface area contributed by atoms with Crippen LogP contribution in [-0.4, -0.2) is 36.7 Å². The zero-order valence-corrected chi connectivity index (χ0v) is 22.4. The van der Waals surface area contributed by atoms with Gasteiger partial charge in [-0.1, -0.05) is 70.0 Å². The first-order valence-corrected chi connectivity index (χ1v) is 12.5. The van der Waals surface area contributed by atoms with Gasteiger partial charge in [0.15, 0.2) is 24.8 Å². The molecule has 1 saturated carbocycles. The highest BCUT2D eigenvalue weighted by Crippen LogP contribution is 2.56. The largest absolute Gasteiger partial charge is 0.457 e. The molecule has 1 aliphatic carbocycles. The van der Waals surface area contributed by atoms with E-state index in [-0.39, 0.29) is 24.8 Å². The zero-order valence-electron chi connectivity index (χ0n) is 19.2. The maximum atomic E-state index is 13.0. The van der Waals surface area contributed by atoms with Crippen molar-refractivity contribution in [2.45, 2.75) is 33.6 Å². The molecule has 0 aromatic heterocycles. The lowest BCUT2D eigenvalue weighted by molar-refractivity contribution is -0.164. The third-order valence-electron chi connectivity index (χ3n) is 6.97. The van der Waals surface area contributed by atoms with Crippen molar-refractivity contribution in [3.63, 3.8) is 0 Å². The highest BCUT2D eigenvalue weighted by Gasteiger charge is 2.59. The molecular weight excluding hydrogens is 568 g/mol. The molecule has 0 heterocycles. The van der Waals surface area contributed by atoms with Crippen LogP contribution in [0.2, 0.25) is 0 Å². The van der Waals surface area contributed by atoms with E-state index in [4.69, 9.17) is 9.47 Å². The number of Topliss-reactive ketones (excluding diaryl/α,β-unsaturated/α-hetero) is 2. The standard InChI is InChI=1S/C26H26Br2O6/c1-25(2)20(23(31)33-14-21(29)16-4-8-18(27)9-5-16)12-13-26(25,3)24(32)34-15-22(30)17-6-10-19(28)11-7-17/h4-11,20H,12-15H2,1-3H3/t20-,26-/m0/s1. The smallest absolute Gasteiger partial charge is 0.312 e. The fourth-order valence-electron chi connectivity index (χ4n) is 4.24. The molecule has 3 rings (SSSR count). The fraction of sp³-hybridized carbons (Fsp3) is 0.385. The molecule has 0 amide bonds. The number of rotatable bonds is 8. The summed E-state index contributed by atoms with van der Waals surface area (Å²) in [5.74, 6) is -2.22. The topological polar surface area (TPSA) is 86.7 Å². The van der Waals surface area contributed by atoms with Crippen LogP contribution in [0.5, 0.6) is 0 Å². The summed E-state index contributed by atoms with van der Waals surface area (Å²) in [6.07, 6.45) is 0.830. The lowest BCUT2D eigenvalue weighted by atomic mass is 9.65. The summed E-state index contributed by atoms with van der Waals surface area (Å²) >= 11 is 6.63. The van der Waals surface area contributed by atoms with E-state index in [9.17, 15) is 19.2 Å². The molecule has 0 saturated heterocycles. The summed E-state index contributed by atoms with van der Waals surface area (Å²) in [7, 11) is 0. The molecule has 1 fully saturated rings. The second kappa shape index (κ2) is 10.5. The van der Waals surface area contributed by atoms with Crippen molar-refractivity contribution in [3.05, 3.63) is 68.6 Å². The average molecular weight is 594 g/mol. The van der Waals surface area contributed by atoms with Gasteiger partial charge in [-0.25, -0.2) is 0 Å². The van der Waals surface area contributed by atoms with E-state index in [1.165, 1.54) is 0 Å². The number of esters is 2. The minimum absolute atomic E-state index is 0.301. The molecule has 2 atom stereocenters. The van der Waals surface area contributed by atoms with Crippen LogP contribution in [0.3, 0.4) is 0 Å². The Hall–Kier alpha value is -2.32. The molecule has 0 aliphatic heterocycles. The Labute approximate surface area is 215 Å². The molecule has 34 heavy (non-hydrogen) atoms. The van der Waals surface area contributed by atoms with Gasteiger partial charge in [-0.3, -0.25) is 19.2 Å². The Balaban J connectivity index is 1.59. The van der Waals surface area contributed by atoms with E-state index in [1.54, 1.807) is 55.5 Å². The Morgan fingerprint density at radius 3 is 1.71 bits per heavy atom. The number of carbonyl (C=O) groups is 4. The van der Waals surface area contributed by atoms with Gasteiger partial charge < -0.3 is 9.47 Å². The van der Waals surface area contributed by atoms with Crippen LogP contribution in [0.15, 0.2) is 57.5 Å². The normalized spacial score (nSPS) is 21.0. The van der Waals surface area contributed by atoms with Gasteiger partial charge in [0.05, 0.1) is 11.3 Å². The first-order valence-electron chi connectivity index (χ1n) is 10.9. The maximum absolute atomic E-state index is 13.0. The van der Waals surface area contributed by atoms with Gasteiger partial charge in [-0.05, 0) is 49.4 Å². The molecule has 1 aliphatic rings. The Morgan fingerprint density at radius 2 is 1.24 bits per heavy atom. The van der Waals surface area contributed by atoms with Crippen LogP contribution in [0.25, 0.3) is 0 Å². The monoisotopic (exact) mass is 592 g/mol. The van der Waals surface area contributed by atoms with Crippen molar-refractivity contribution in [1.29, 1.82) is 0 Å². The van der Waals surface area contributed by atoms with Gasteiger partial charge in [0.1, 0.15) is 0 Å². The van der Waals surface area contributed by atoms with Crippen molar-refractivity contribution in [1.82, 2.24) is 0 Å². The second-order valence-corrected chi connectivity index (χ2v) is 11.0. The van der Waals surface area contributed by atoms with Crippen LogP contribution < -0.4 is 0 Å². The number of halogens is 2. The second-order valence-electron chi connectivity index (χ2n) is 9.19. The van der Waals surface area contributed by atoms with Gasteiger partial charge in [-0.15, -0.1) is 0 Å². The summed E-state index contributed by atoms with van der Waals surface area (Å²) in [6.45, 7) is 4.65. The van der Waals surface area contributed by atoms with Gasteiger partial charge in [-0.2, -0.15) is 0 Å². The lowest BCUT2D eigenvalue weighted by Gasteiger charge is -2.38. The first kappa shape index (κ1) is 26.3. The minimum Gasteiger partial charge on any atom is -0.457 e. The third kappa shape index (κ3) is 5.49. The van der Waals surface area contributed by atoms with Crippen molar-refractivity contribution < 1.29 is 28.7 Å². The van der Waals surface area contributed by atoms with Gasteiger partial charge >= 0.3 is 11.9 Å². The molecule has 8 heteroatoms. The molecule has 0 radical (unpaired) electrons. The number of carbonyl (C=O) groups excluding carboxylic acids is 4. The van der Waals surface area contributed by atoms with Crippen LogP contribution >= 0.6 is 31.9 Å². The molecule has 0 N–H and O–H groups in total. The molecule has 2 aromatic carbocycles. The number of hydrogen-bond donors (Lipinski definition) is 0. The molecule has 0 spiro atoms. The number of ether oxygens (including phenoxy) is 2. The number of ketones is 2. The first-order chi connectivity index (χ1) is 16.0. The predicted octanol–water partition coefficient (Wildman–Crippen LogP) is 5.81. The van der Waals surface area contributed by atoms with Gasteiger partial charge in [0.2, 0.25) is 0 Å². The molecular formula is C26H26Br2O6. The molecule has 180 valence electrons. The highest BCUT2D eigenvalue weighted by molar-refractivity contribution is 9.10. The van der Waals surface area contributed by atoms with E-state index in [0.29, 0.717) is 24.0 Å². The van der Waals surface area contributed by atoms with E-state index in [1.807, 2.05) is 13.8 Å². The third-order valence-corrected chi connectivity index (χ3v) is 8.03. The van der Waals surface area contributed by atoms with Crippen LogP contribution in [0.4, 0.5) is 0 Å². The van der Waals surface area contributed by atoms with Gasteiger partial charge in [0, 0.05) is 20.1 Å². The summed E-state index contributed by atoms with van der Waals surface area (Å²) in [6, 6.07) is 13.6. The summed E-state index contributed by atoms with van der Waals surface area (Å²) < 4.78 is 12.4. The summed E-state index contributed by atoms with van der Waals surface area (Å²) in [5.41, 5.74) is -0.871. The Morgan fingerprint density at radius 1 is 0.794 bits per heavy atom. The van der Waals surface area contributed by atoms with Gasteiger partial charge in [0.25, 0.3) is 0 Å². The van der Waals surface area contributed by atoms with E-state index < -0.39 is 28.7 Å². The minimum atomic E-state index is -0.980. The Kier molecular flexibility index (Phi) is 8.14. The van der Waals surface area contributed by atoms with Crippen LogP contribution in [0.1, 0.15) is 54.3 Å². The van der Waals surface area contributed by atoms with E-state index >= 15 is 0 Å².